The van der Waals surface area contributed by atoms with Crippen LogP contribution in [0.5, 0.6) is 5.75 Å². The van der Waals surface area contributed by atoms with Crippen molar-refractivity contribution in [1.29, 1.82) is 0 Å². The molecule has 0 saturated carbocycles. The highest BCUT2D eigenvalue weighted by atomic mass is 16.7. The van der Waals surface area contributed by atoms with Crippen molar-refractivity contribution in [3.8, 4) is 5.75 Å². The Labute approximate surface area is 162 Å². The Bertz CT molecular complexity index is 828. The maximum Gasteiger partial charge on any atom is 0.513 e. The Morgan fingerprint density at radius 3 is 2.54 bits per heavy atom. The first kappa shape index (κ1) is 20.9. The van der Waals surface area contributed by atoms with Gasteiger partial charge in [-0.3, -0.25) is 4.79 Å². The highest BCUT2D eigenvalue weighted by molar-refractivity contribution is 6.09. The minimum absolute atomic E-state index is 0.0334. The van der Waals surface area contributed by atoms with E-state index >= 15 is 0 Å². The fourth-order valence-corrected chi connectivity index (χ4v) is 2.58. The number of carbonyl (C=O) groups excluding carboxylic acids is 4. The lowest BCUT2D eigenvalue weighted by Crippen LogP contribution is -2.50. The lowest BCUT2D eigenvalue weighted by Gasteiger charge is -2.34. The Morgan fingerprint density at radius 2 is 1.89 bits per heavy atom. The van der Waals surface area contributed by atoms with Crippen LogP contribution in [-0.2, 0) is 14.3 Å². The van der Waals surface area contributed by atoms with Crippen LogP contribution in [0.2, 0.25) is 0 Å². The molecule has 1 aromatic rings. The summed E-state index contributed by atoms with van der Waals surface area (Å²) in [5.74, 6) is -1.83. The third kappa shape index (κ3) is 4.28. The zero-order valence-corrected chi connectivity index (χ0v) is 15.8. The molecule has 0 spiro atoms. The standard InChI is InChI=1S/C20H21NO7/c1-4-26-19(25)27-16-11-6-5-10-15(16)17(23)20(28-18(24)21(2)3)12-8-7-9-14(20)13-22/h5-14H,4H2,1-3H3. The van der Waals surface area contributed by atoms with Crippen LogP contribution >= 0.6 is 0 Å². The Kier molecular flexibility index (Phi) is 6.70. The summed E-state index contributed by atoms with van der Waals surface area (Å²) < 4.78 is 15.3. The number of allylic oxidation sites excluding steroid dienone is 2. The van der Waals surface area contributed by atoms with Crippen LogP contribution in [0.4, 0.5) is 9.59 Å². The van der Waals surface area contributed by atoms with Crippen molar-refractivity contribution < 1.29 is 33.4 Å². The number of amides is 1. The van der Waals surface area contributed by atoms with Crippen molar-refractivity contribution in [3.63, 3.8) is 0 Å². The smallest absolute Gasteiger partial charge is 0.434 e. The summed E-state index contributed by atoms with van der Waals surface area (Å²) in [6, 6.07) is 5.95. The Balaban J connectivity index is 2.51. The number of hydrogen-bond donors (Lipinski definition) is 0. The summed E-state index contributed by atoms with van der Waals surface area (Å²) in [7, 11) is 2.91. The van der Waals surface area contributed by atoms with Crippen molar-refractivity contribution in [3.05, 3.63) is 54.1 Å². The number of ether oxygens (including phenoxy) is 3. The van der Waals surface area contributed by atoms with E-state index in [1.54, 1.807) is 25.1 Å². The zero-order valence-electron chi connectivity index (χ0n) is 15.8. The monoisotopic (exact) mass is 387 g/mol. The number of hydrogen-bond acceptors (Lipinski definition) is 7. The second-order valence-corrected chi connectivity index (χ2v) is 6.07. The first-order valence-corrected chi connectivity index (χ1v) is 8.55. The third-order valence-corrected chi connectivity index (χ3v) is 3.98. The minimum atomic E-state index is -1.91. The number of para-hydroxylation sites is 1. The van der Waals surface area contributed by atoms with E-state index in [2.05, 4.69) is 0 Å². The molecule has 0 bridgehead atoms. The van der Waals surface area contributed by atoms with Crippen molar-refractivity contribution in [1.82, 2.24) is 4.90 Å². The lowest BCUT2D eigenvalue weighted by molar-refractivity contribution is -0.114. The summed E-state index contributed by atoms with van der Waals surface area (Å²) >= 11 is 0. The largest absolute Gasteiger partial charge is 0.513 e. The number of Topliss-reactive ketones (excluding diaryl/α,β-unsaturated/α-hetero) is 1. The van der Waals surface area contributed by atoms with Crippen LogP contribution in [0.3, 0.4) is 0 Å². The zero-order chi connectivity index (χ0) is 20.7. The van der Waals surface area contributed by atoms with Crippen molar-refractivity contribution in [2.75, 3.05) is 20.7 Å². The van der Waals surface area contributed by atoms with E-state index in [4.69, 9.17) is 14.2 Å². The maximum atomic E-state index is 13.4. The molecule has 0 aromatic heterocycles. The van der Waals surface area contributed by atoms with Gasteiger partial charge in [-0.25, -0.2) is 9.59 Å². The summed E-state index contributed by atoms with van der Waals surface area (Å²) in [6.45, 7) is 1.71. The fraction of sp³-hybridized carbons (Fsp3) is 0.300. The van der Waals surface area contributed by atoms with Crippen LogP contribution in [0.15, 0.2) is 48.6 Å². The van der Waals surface area contributed by atoms with Gasteiger partial charge in [-0.15, -0.1) is 0 Å². The predicted molar refractivity (Wildman–Crippen MR) is 99.2 cm³/mol. The summed E-state index contributed by atoms with van der Waals surface area (Å²) in [4.78, 5) is 50.2. The summed E-state index contributed by atoms with van der Waals surface area (Å²) in [5.41, 5.74) is -1.94. The normalized spacial score (nSPS) is 20.2. The number of ketones is 1. The van der Waals surface area contributed by atoms with Gasteiger partial charge in [0.15, 0.2) is 0 Å². The Hall–Kier alpha value is -3.42. The van der Waals surface area contributed by atoms with Crippen LogP contribution < -0.4 is 4.74 Å². The average Bonchev–Trinajstić information content (AvgIpc) is 2.68. The molecule has 0 N–H and O–H groups in total. The van der Waals surface area contributed by atoms with Gasteiger partial charge in [0.05, 0.1) is 18.1 Å². The Morgan fingerprint density at radius 1 is 1.18 bits per heavy atom. The average molecular weight is 387 g/mol. The molecule has 28 heavy (non-hydrogen) atoms. The predicted octanol–water partition coefficient (Wildman–Crippen LogP) is 2.78. The van der Waals surface area contributed by atoms with Gasteiger partial charge in [0, 0.05) is 14.1 Å². The molecular weight excluding hydrogens is 366 g/mol. The molecule has 8 nitrogen and oxygen atoms in total. The molecule has 0 fully saturated rings. The SMILES string of the molecule is CCOC(=O)Oc1ccccc1C(=O)C1(OC(=O)N(C)C)C=CC=CC1C=O. The summed E-state index contributed by atoms with van der Waals surface area (Å²) in [6.07, 6.45) is 4.64. The number of carbonyl (C=O) groups is 4. The fourth-order valence-electron chi connectivity index (χ4n) is 2.58. The number of nitrogens with zero attached hydrogens (tertiary/aromatic N) is 1. The summed E-state index contributed by atoms with van der Waals surface area (Å²) in [5, 5.41) is 0. The topological polar surface area (TPSA) is 99.2 Å². The molecule has 1 aliphatic carbocycles. The molecule has 0 aliphatic heterocycles. The van der Waals surface area contributed by atoms with Gasteiger partial charge in [0.2, 0.25) is 11.4 Å². The highest BCUT2D eigenvalue weighted by Crippen LogP contribution is 2.35. The lowest BCUT2D eigenvalue weighted by atomic mass is 9.78. The van der Waals surface area contributed by atoms with E-state index in [0.29, 0.717) is 6.29 Å². The van der Waals surface area contributed by atoms with Gasteiger partial charge < -0.3 is 23.9 Å². The van der Waals surface area contributed by atoms with Crippen molar-refractivity contribution >= 4 is 24.3 Å². The second kappa shape index (κ2) is 8.98. The molecule has 1 amide bonds. The van der Waals surface area contributed by atoms with Crippen molar-refractivity contribution in [2.24, 2.45) is 5.92 Å². The third-order valence-electron chi connectivity index (χ3n) is 3.98. The van der Waals surface area contributed by atoms with Crippen LogP contribution in [0.25, 0.3) is 0 Å². The molecule has 0 heterocycles. The minimum Gasteiger partial charge on any atom is -0.434 e. The molecule has 148 valence electrons. The van der Waals surface area contributed by atoms with Gasteiger partial charge in [-0.2, -0.15) is 0 Å². The van der Waals surface area contributed by atoms with Crippen LogP contribution in [0.1, 0.15) is 17.3 Å². The molecule has 1 aliphatic rings. The molecule has 2 unspecified atom stereocenters. The first-order valence-electron chi connectivity index (χ1n) is 8.55. The van der Waals surface area contributed by atoms with E-state index in [1.807, 2.05) is 0 Å². The van der Waals surface area contributed by atoms with E-state index in [-0.39, 0.29) is 17.9 Å². The van der Waals surface area contributed by atoms with Crippen LogP contribution in [-0.4, -0.2) is 55.5 Å². The van der Waals surface area contributed by atoms with E-state index in [9.17, 15) is 19.2 Å². The highest BCUT2D eigenvalue weighted by Gasteiger charge is 2.49. The number of benzene rings is 1. The second-order valence-electron chi connectivity index (χ2n) is 6.07. The molecule has 0 saturated heterocycles. The van der Waals surface area contributed by atoms with E-state index in [1.165, 1.54) is 44.5 Å². The van der Waals surface area contributed by atoms with Crippen molar-refractivity contribution in [2.45, 2.75) is 12.5 Å². The van der Waals surface area contributed by atoms with Gasteiger partial charge in [0.1, 0.15) is 12.0 Å². The van der Waals surface area contributed by atoms with Gasteiger partial charge in [-0.1, -0.05) is 30.4 Å². The van der Waals surface area contributed by atoms with E-state index in [0.717, 1.165) is 4.90 Å². The molecule has 2 atom stereocenters. The van der Waals surface area contributed by atoms with Gasteiger partial charge >= 0.3 is 12.2 Å². The molecular formula is C20H21NO7. The maximum absolute atomic E-state index is 13.4. The van der Waals surface area contributed by atoms with Crippen LogP contribution in [0, 0.1) is 5.92 Å². The van der Waals surface area contributed by atoms with Gasteiger partial charge in [-0.05, 0) is 25.1 Å². The molecule has 8 heteroatoms. The number of aldehydes is 1. The van der Waals surface area contributed by atoms with Gasteiger partial charge in [0.25, 0.3) is 0 Å². The molecule has 0 radical (unpaired) electrons. The number of rotatable bonds is 6. The van der Waals surface area contributed by atoms with E-state index < -0.39 is 29.6 Å². The quantitative estimate of drug-likeness (QED) is 0.320. The first-order chi connectivity index (χ1) is 13.4. The molecule has 2 rings (SSSR count). The molecule has 1 aromatic carbocycles.